The maximum absolute atomic E-state index is 5.50. The number of aromatic nitrogens is 2. The largest absolute Gasteiger partial charge is 0.497 e. The molecule has 0 amide bonds. The van der Waals surface area contributed by atoms with Gasteiger partial charge in [-0.2, -0.15) is 4.98 Å². The predicted molar refractivity (Wildman–Crippen MR) is 111 cm³/mol. The van der Waals surface area contributed by atoms with Crippen molar-refractivity contribution in [3.8, 4) is 28.6 Å². The molecule has 0 bridgehead atoms. The van der Waals surface area contributed by atoms with E-state index in [4.69, 9.17) is 9.26 Å². The first-order chi connectivity index (χ1) is 13.8. The van der Waals surface area contributed by atoms with Crippen LogP contribution < -0.4 is 4.74 Å². The molecule has 4 nitrogen and oxygen atoms in total. The van der Waals surface area contributed by atoms with Gasteiger partial charge in [0.05, 0.1) is 7.11 Å². The second-order valence-corrected chi connectivity index (χ2v) is 7.78. The van der Waals surface area contributed by atoms with Crippen LogP contribution in [0.25, 0.3) is 22.8 Å². The lowest BCUT2D eigenvalue weighted by atomic mass is 9.77. The van der Waals surface area contributed by atoms with Gasteiger partial charge in [-0.15, -0.1) is 0 Å². The molecule has 0 unspecified atom stereocenters. The Labute approximate surface area is 166 Å². The Hall–Kier alpha value is -2.62. The Morgan fingerprint density at radius 1 is 0.929 bits per heavy atom. The maximum Gasteiger partial charge on any atom is 0.258 e. The molecule has 1 fully saturated rings. The minimum atomic E-state index is 0.559. The monoisotopic (exact) mass is 376 g/mol. The van der Waals surface area contributed by atoms with Crippen LogP contribution in [-0.4, -0.2) is 17.3 Å². The summed E-state index contributed by atoms with van der Waals surface area (Å²) in [6.07, 6.45) is 8.06. The number of methoxy groups -OCH3 is 1. The number of rotatable bonds is 6. The van der Waals surface area contributed by atoms with E-state index < -0.39 is 0 Å². The fraction of sp³-hybridized carbons (Fsp3) is 0.417. The molecule has 3 aromatic rings. The zero-order valence-corrected chi connectivity index (χ0v) is 16.7. The van der Waals surface area contributed by atoms with Gasteiger partial charge in [-0.05, 0) is 79.5 Å². The van der Waals surface area contributed by atoms with Crippen LogP contribution in [0.4, 0.5) is 0 Å². The van der Waals surface area contributed by atoms with E-state index >= 15 is 0 Å². The van der Waals surface area contributed by atoms with Gasteiger partial charge in [0.1, 0.15) is 5.75 Å². The van der Waals surface area contributed by atoms with Crippen LogP contribution in [0.15, 0.2) is 53.1 Å². The first-order valence-electron chi connectivity index (χ1n) is 10.3. The van der Waals surface area contributed by atoms with E-state index in [2.05, 4.69) is 41.3 Å². The van der Waals surface area contributed by atoms with Crippen molar-refractivity contribution < 1.29 is 9.26 Å². The Morgan fingerprint density at radius 2 is 1.61 bits per heavy atom. The fourth-order valence-electron chi connectivity index (χ4n) is 4.29. The number of nitrogens with zero attached hydrogens (tertiary/aromatic N) is 2. The highest BCUT2D eigenvalue weighted by atomic mass is 16.5. The van der Waals surface area contributed by atoms with E-state index in [1.54, 1.807) is 7.11 Å². The van der Waals surface area contributed by atoms with Crippen molar-refractivity contribution in [1.82, 2.24) is 10.1 Å². The Bertz CT molecular complexity index is 876. The van der Waals surface area contributed by atoms with Gasteiger partial charge < -0.3 is 9.26 Å². The van der Waals surface area contributed by atoms with Gasteiger partial charge in [0.25, 0.3) is 5.89 Å². The van der Waals surface area contributed by atoms with Gasteiger partial charge in [-0.3, -0.25) is 0 Å². The predicted octanol–water partition coefficient (Wildman–Crippen LogP) is 6.49. The summed E-state index contributed by atoms with van der Waals surface area (Å²) in [6.45, 7) is 2.29. The normalized spacial score (nSPS) is 19.5. The number of hydrogen-bond donors (Lipinski definition) is 0. The highest BCUT2D eigenvalue weighted by Gasteiger charge is 2.22. The van der Waals surface area contributed by atoms with Gasteiger partial charge in [-0.1, -0.05) is 37.1 Å². The first kappa shape index (κ1) is 18.7. The third-order valence-corrected chi connectivity index (χ3v) is 5.95. The third-order valence-electron chi connectivity index (χ3n) is 5.95. The number of hydrogen-bond acceptors (Lipinski definition) is 4. The summed E-state index contributed by atoms with van der Waals surface area (Å²) in [5.74, 6) is 3.60. The maximum atomic E-state index is 5.50. The molecule has 146 valence electrons. The van der Waals surface area contributed by atoms with E-state index in [9.17, 15) is 0 Å². The molecule has 0 atom stereocenters. The zero-order chi connectivity index (χ0) is 19.3. The summed E-state index contributed by atoms with van der Waals surface area (Å²) >= 11 is 0. The Balaban J connectivity index is 1.43. The zero-order valence-electron chi connectivity index (χ0n) is 16.7. The molecule has 4 heteroatoms. The second kappa shape index (κ2) is 8.59. The van der Waals surface area contributed by atoms with Crippen molar-refractivity contribution in [2.45, 2.75) is 51.4 Å². The van der Waals surface area contributed by atoms with E-state index in [-0.39, 0.29) is 0 Å². The van der Waals surface area contributed by atoms with Gasteiger partial charge in [0.2, 0.25) is 5.82 Å². The van der Waals surface area contributed by atoms with Crippen LogP contribution in [0.2, 0.25) is 0 Å². The van der Waals surface area contributed by atoms with Crippen molar-refractivity contribution in [3.05, 3.63) is 54.1 Å². The van der Waals surface area contributed by atoms with E-state index in [0.717, 1.165) is 22.8 Å². The van der Waals surface area contributed by atoms with Crippen LogP contribution in [-0.2, 0) is 0 Å². The lowest BCUT2D eigenvalue weighted by molar-refractivity contribution is 0.308. The van der Waals surface area contributed by atoms with E-state index in [1.165, 1.54) is 44.1 Å². The summed E-state index contributed by atoms with van der Waals surface area (Å²) in [7, 11) is 1.65. The average molecular weight is 377 g/mol. The van der Waals surface area contributed by atoms with Crippen LogP contribution >= 0.6 is 0 Å². The molecule has 0 saturated heterocycles. The summed E-state index contributed by atoms with van der Waals surface area (Å²) < 4.78 is 10.7. The molecule has 0 N–H and O–H groups in total. The average Bonchev–Trinajstić information content (AvgIpc) is 3.25. The minimum absolute atomic E-state index is 0.559. The van der Waals surface area contributed by atoms with Crippen LogP contribution in [0, 0.1) is 5.92 Å². The summed E-state index contributed by atoms with van der Waals surface area (Å²) in [6, 6.07) is 16.4. The molecule has 28 heavy (non-hydrogen) atoms. The molecule has 2 aromatic carbocycles. The van der Waals surface area contributed by atoms with Gasteiger partial charge in [0.15, 0.2) is 0 Å². The number of ether oxygens (including phenoxy) is 1. The molecule has 1 aliphatic rings. The second-order valence-electron chi connectivity index (χ2n) is 7.78. The van der Waals surface area contributed by atoms with Crippen molar-refractivity contribution in [3.63, 3.8) is 0 Å². The highest BCUT2D eigenvalue weighted by molar-refractivity contribution is 5.60. The standard InChI is InChI=1S/C24H28N2O2/c1-3-4-17-5-7-18(8-6-17)19-9-11-21(12-10-19)24-25-23(26-28-24)20-13-15-22(27-2)16-14-20/h9-18H,3-8H2,1-2H3. The SMILES string of the molecule is CCCC1CCC(c2ccc(-c3nc(-c4ccc(OC)cc4)no3)cc2)CC1. The fourth-order valence-corrected chi connectivity index (χ4v) is 4.29. The number of benzene rings is 2. The van der Waals surface area contributed by atoms with E-state index in [1.807, 2.05) is 24.3 Å². The molecule has 1 saturated carbocycles. The molecular weight excluding hydrogens is 348 g/mol. The Kier molecular flexibility index (Phi) is 5.75. The molecule has 4 rings (SSSR count). The molecule has 0 aliphatic heterocycles. The van der Waals surface area contributed by atoms with Gasteiger partial charge >= 0.3 is 0 Å². The lowest BCUT2D eigenvalue weighted by Crippen LogP contribution is -2.13. The minimum Gasteiger partial charge on any atom is -0.497 e. The van der Waals surface area contributed by atoms with Crippen molar-refractivity contribution in [2.75, 3.05) is 7.11 Å². The van der Waals surface area contributed by atoms with Crippen LogP contribution in [0.5, 0.6) is 5.75 Å². The first-order valence-corrected chi connectivity index (χ1v) is 10.3. The van der Waals surface area contributed by atoms with Crippen molar-refractivity contribution >= 4 is 0 Å². The summed E-state index contributed by atoms with van der Waals surface area (Å²) in [4.78, 5) is 4.56. The molecule has 0 radical (unpaired) electrons. The van der Waals surface area contributed by atoms with Crippen LogP contribution in [0.1, 0.15) is 56.9 Å². The smallest absolute Gasteiger partial charge is 0.258 e. The van der Waals surface area contributed by atoms with E-state index in [0.29, 0.717) is 17.6 Å². The van der Waals surface area contributed by atoms with Crippen molar-refractivity contribution in [1.29, 1.82) is 0 Å². The van der Waals surface area contributed by atoms with Crippen LogP contribution in [0.3, 0.4) is 0 Å². The molecule has 1 aliphatic carbocycles. The molecule has 1 aromatic heterocycles. The van der Waals surface area contributed by atoms with Gasteiger partial charge in [0, 0.05) is 11.1 Å². The summed E-state index contributed by atoms with van der Waals surface area (Å²) in [5.41, 5.74) is 3.32. The summed E-state index contributed by atoms with van der Waals surface area (Å²) in [5, 5.41) is 4.13. The molecule has 0 spiro atoms. The molecular formula is C24H28N2O2. The third kappa shape index (κ3) is 4.11. The van der Waals surface area contributed by atoms with Crippen molar-refractivity contribution in [2.24, 2.45) is 5.92 Å². The quantitative estimate of drug-likeness (QED) is 0.493. The van der Waals surface area contributed by atoms with Gasteiger partial charge in [-0.25, -0.2) is 0 Å². The lowest BCUT2D eigenvalue weighted by Gasteiger charge is -2.28. The molecule has 1 heterocycles. The highest BCUT2D eigenvalue weighted by Crippen LogP contribution is 2.38. The topological polar surface area (TPSA) is 48.2 Å². The Morgan fingerprint density at radius 3 is 2.25 bits per heavy atom.